The molecule has 0 aliphatic heterocycles. The minimum Gasteiger partial charge on any atom is -0.490 e. The smallest absolute Gasteiger partial charge is 0.256 e. The Morgan fingerprint density at radius 2 is 1.79 bits per heavy atom. The van der Waals surface area contributed by atoms with Crippen molar-refractivity contribution in [2.75, 3.05) is 11.9 Å². The zero-order valence-corrected chi connectivity index (χ0v) is 16.3. The van der Waals surface area contributed by atoms with Crippen molar-refractivity contribution in [3.05, 3.63) is 23.3 Å². The van der Waals surface area contributed by atoms with Gasteiger partial charge in [-0.15, -0.1) is 0 Å². The summed E-state index contributed by atoms with van der Waals surface area (Å²) in [5.41, 5.74) is 2.03. The Morgan fingerprint density at radius 3 is 2.25 bits per heavy atom. The molecule has 4 nitrogen and oxygen atoms in total. The molecule has 0 heterocycles. The molecule has 4 heteroatoms. The molecule has 2 atom stereocenters. The molecule has 0 aromatic heterocycles. The van der Waals surface area contributed by atoms with Crippen molar-refractivity contribution in [2.45, 2.75) is 79.4 Å². The van der Waals surface area contributed by atoms with Crippen LogP contribution in [0.1, 0.15) is 65.0 Å². The Hall–Kier alpha value is -1.55. The van der Waals surface area contributed by atoms with Gasteiger partial charge < -0.3 is 14.8 Å². The van der Waals surface area contributed by atoms with E-state index in [9.17, 15) is 4.79 Å². The first-order valence-corrected chi connectivity index (χ1v) is 9.00. The lowest BCUT2D eigenvalue weighted by Crippen LogP contribution is -2.42. The van der Waals surface area contributed by atoms with E-state index in [0.29, 0.717) is 13.0 Å². The van der Waals surface area contributed by atoms with Gasteiger partial charge in [0.05, 0.1) is 6.10 Å². The van der Waals surface area contributed by atoms with E-state index in [1.54, 1.807) is 0 Å². The number of carbonyl (C=O) groups is 1. The molecule has 0 bridgehead atoms. The predicted octanol–water partition coefficient (Wildman–Crippen LogP) is 5.01. The number of ether oxygens (including phenoxy) is 2. The maximum atomic E-state index is 12.6. The van der Waals surface area contributed by atoms with E-state index >= 15 is 0 Å². The van der Waals surface area contributed by atoms with E-state index in [1.165, 1.54) is 0 Å². The predicted molar refractivity (Wildman–Crippen MR) is 99.9 cm³/mol. The van der Waals surface area contributed by atoms with Crippen LogP contribution in [0.4, 0.5) is 5.69 Å². The van der Waals surface area contributed by atoms with Crippen molar-refractivity contribution in [1.82, 2.24) is 0 Å². The lowest BCUT2D eigenvalue weighted by molar-refractivity contribution is -0.139. The minimum atomic E-state index is -0.802. The normalized spacial score (nSPS) is 14.8. The molecular formula is C20H33NO3. The van der Waals surface area contributed by atoms with Crippen LogP contribution in [-0.2, 0) is 9.53 Å². The highest BCUT2D eigenvalue weighted by molar-refractivity contribution is 5.97. The molecule has 0 radical (unpaired) electrons. The van der Waals surface area contributed by atoms with E-state index in [2.05, 4.69) is 19.2 Å². The first kappa shape index (κ1) is 20.5. The zero-order valence-electron chi connectivity index (χ0n) is 16.3. The lowest BCUT2D eigenvalue weighted by Gasteiger charge is -2.27. The molecule has 0 aliphatic rings. The molecule has 24 heavy (non-hydrogen) atoms. The van der Waals surface area contributed by atoms with Crippen LogP contribution in [0, 0.1) is 13.8 Å². The van der Waals surface area contributed by atoms with Crippen LogP contribution < -0.4 is 10.1 Å². The molecule has 0 saturated heterocycles. The molecule has 1 aromatic rings. The number of benzene rings is 1. The zero-order chi connectivity index (χ0) is 18.3. The molecular weight excluding hydrogens is 302 g/mol. The van der Waals surface area contributed by atoms with Crippen molar-refractivity contribution < 1.29 is 14.3 Å². The van der Waals surface area contributed by atoms with Gasteiger partial charge in [0.2, 0.25) is 0 Å². The Labute approximate surface area is 146 Å². The van der Waals surface area contributed by atoms with Gasteiger partial charge in [-0.05, 0) is 70.2 Å². The summed E-state index contributed by atoms with van der Waals surface area (Å²) in [4.78, 5) is 12.6. The number of hydrogen-bond donors (Lipinski definition) is 1. The van der Waals surface area contributed by atoms with Crippen molar-refractivity contribution in [1.29, 1.82) is 0 Å². The summed E-state index contributed by atoms with van der Waals surface area (Å²) in [5, 5.41) is 3.00. The van der Waals surface area contributed by atoms with Crippen molar-refractivity contribution in [3.63, 3.8) is 0 Å². The van der Waals surface area contributed by atoms with Crippen molar-refractivity contribution in [2.24, 2.45) is 0 Å². The van der Waals surface area contributed by atoms with Crippen LogP contribution >= 0.6 is 0 Å². The van der Waals surface area contributed by atoms with Crippen LogP contribution in [0.15, 0.2) is 12.1 Å². The van der Waals surface area contributed by atoms with Gasteiger partial charge in [0.1, 0.15) is 11.4 Å². The van der Waals surface area contributed by atoms with Gasteiger partial charge in [-0.3, -0.25) is 4.79 Å². The van der Waals surface area contributed by atoms with Gasteiger partial charge in [-0.25, -0.2) is 0 Å². The number of aryl methyl sites for hydroxylation is 2. The van der Waals surface area contributed by atoms with Crippen LogP contribution in [0.5, 0.6) is 5.75 Å². The maximum Gasteiger partial charge on any atom is 0.256 e. The average molecular weight is 335 g/mol. The van der Waals surface area contributed by atoms with E-state index in [4.69, 9.17) is 9.47 Å². The Balaban J connectivity index is 2.94. The highest BCUT2D eigenvalue weighted by Gasteiger charge is 2.32. The topological polar surface area (TPSA) is 47.6 Å². The summed E-state index contributed by atoms with van der Waals surface area (Å²) in [6.45, 7) is 14.6. The second-order valence-electron chi connectivity index (χ2n) is 6.66. The van der Waals surface area contributed by atoms with Crippen LogP contribution in [0.3, 0.4) is 0 Å². The fourth-order valence-electron chi connectivity index (χ4n) is 2.41. The highest BCUT2D eigenvalue weighted by atomic mass is 16.5. The molecule has 1 amide bonds. The third-order valence-corrected chi connectivity index (χ3v) is 4.39. The van der Waals surface area contributed by atoms with Gasteiger partial charge in [-0.1, -0.05) is 20.8 Å². The summed E-state index contributed by atoms with van der Waals surface area (Å²) in [6, 6.07) is 3.91. The summed E-state index contributed by atoms with van der Waals surface area (Å²) in [6.07, 6.45) is 2.66. The van der Waals surface area contributed by atoms with Gasteiger partial charge in [0.15, 0.2) is 0 Å². The van der Waals surface area contributed by atoms with Gasteiger partial charge >= 0.3 is 0 Å². The Kier molecular flexibility index (Phi) is 7.74. The molecule has 1 aromatic carbocycles. The SMILES string of the molecule is CCCO[C@](C)(CC)C(=O)Nc1cc(C)c(O[C@@H](C)CC)c(C)c1. The first-order valence-electron chi connectivity index (χ1n) is 9.00. The third-order valence-electron chi connectivity index (χ3n) is 4.39. The molecule has 0 aliphatic carbocycles. The van der Waals surface area contributed by atoms with Gasteiger partial charge in [0.25, 0.3) is 5.91 Å². The first-order chi connectivity index (χ1) is 11.3. The third kappa shape index (κ3) is 5.23. The molecule has 0 saturated carbocycles. The number of nitrogens with one attached hydrogen (secondary N) is 1. The maximum absolute atomic E-state index is 12.6. The molecule has 1 N–H and O–H groups in total. The molecule has 1 rings (SSSR count). The Bertz CT molecular complexity index is 533. The van der Waals surface area contributed by atoms with E-state index in [0.717, 1.165) is 35.4 Å². The number of amides is 1. The molecule has 0 fully saturated rings. The number of rotatable bonds is 9. The monoisotopic (exact) mass is 335 g/mol. The van der Waals surface area contributed by atoms with E-state index < -0.39 is 5.60 Å². The van der Waals surface area contributed by atoms with Crippen LogP contribution in [-0.4, -0.2) is 24.2 Å². The highest BCUT2D eigenvalue weighted by Crippen LogP contribution is 2.29. The Morgan fingerprint density at radius 1 is 1.21 bits per heavy atom. The van der Waals surface area contributed by atoms with Gasteiger partial charge in [-0.2, -0.15) is 0 Å². The second kappa shape index (κ2) is 9.07. The van der Waals surface area contributed by atoms with Crippen molar-refractivity contribution in [3.8, 4) is 5.75 Å². The van der Waals surface area contributed by atoms with E-state index in [1.807, 2.05) is 46.8 Å². The number of carbonyl (C=O) groups excluding carboxylic acids is 1. The van der Waals surface area contributed by atoms with Crippen LogP contribution in [0.2, 0.25) is 0 Å². The molecule has 0 unspecified atom stereocenters. The number of anilines is 1. The summed E-state index contributed by atoms with van der Waals surface area (Å²) >= 11 is 0. The fraction of sp³-hybridized carbons (Fsp3) is 0.650. The minimum absolute atomic E-state index is 0.104. The summed E-state index contributed by atoms with van der Waals surface area (Å²) in [5.74, 6) is 0.802. The summed E-state index contributed by atoms with van der Waals surface area (Å²) in [7, 11) is 0. The quantitative estimate of drug-likeness (QED) is 0.689. The molecule has 136 valence electrons. The fourth-order valence-corrected chi connectivity index (χ4v) is 2.41. The largest absolute Gasteiger partial charge is 0.490 e. The lowest BCUT2D eigenvalue weighted by atomic mass is 10.0. The molecule has 0 spiro atoms. The standard InChI is InChI=1S/C20H33NO3/c1-8-11-23-20(7,10-3)19(22)21-17-12-14(4)18(15(5)13-17)24-16(6)9-2/h12-13,16H,8-11H2,1-7H3,(H,21,22)/t16-,20+/m0/s1. The van der Waals surface area contributed by atoms with Crippen LogP contribution in [0.25, 0.3) is 0 Å². The van der Waals surface area contributed by atoms with E-state index in [-0.39, 0.29) is 12.0 Å². The van der Waals surface area contributed by atoms with Gasteiger partial charge in [0, 0.05) is 12.3 Å². The van der Waals surface area contributed by atoms with Crippen molar-refractivity contribution >= 4 is 11.6 Å². The number of hydrogen-bond acceptors (Lipinski definition) is 3. The summed E-state index contributed by atoms with van der Waals surface area (Å²) < 4.78 is 11.8. The average Bonchev–Trinajstić information content (AvgIpc) is 2.55. The second-order valence-corrected chi connectivity index (χ2v) is 6.66.